The second-order valence-corrected chi connectivity index (χ2v) is 8.28. The molecule has 1 aliphatic heterocycles. The monoisotopic (exact) mass is 398 g/mol. The van der Waals surface area contributed by atoms with Gasteiger partial charge in [-0.25, -0.2) is 4.79 Å². The highest BCUT2D eigenvalue weighted by molar-refractivity contribution is 5.79. The smallest absolute Gasteiger partial charge is 0.323 e. The van der Waals surface area contributed by atoms with E-state index in [1.807, 2.05) is 77.7 Å². The molecule has 1 spiro atoms. The van der Waals surface area contributed by atoms with E-state index in [0.29, 0.717) is 13.1 Å². The van der Waals surface area contributed by atoms with Crippen LogP contribution in [0.3, 0.4) is 0 Å². The van der Waals surface area contributed by atoms with Crippen LogP contribution in [0.2, 0.25) is 0 Å². The molecule has 5 rings (SSSR count). The highest BCUT2D eigenvalue weighted by Gasteiger charge is 2.58. The van der Waals surface area contributed by atoms with Crippen LogP contribution >= 0.6 is 0 Å². The van der Waals surface area contributed by atoms with Gasteiger partial charge in [-0.15, -0.1) is 0 Å². The topological polar surface area (TPSA) is 43.8 Å². The molecule has 0 saturated carbocycles. The number of fused-ring (bicyclic) bond motifs is 2. The third-order valence-corrected chi connectivity index (χ3v) is 6.55. The summed E-state index contributed by atoms with van der Waals surface area (Å²) in [7, 11) is 0. The maximum Gasteiger partial charge on any atom is 0.323 e. The first-order chi connectivity index (χ1) is 14.7. The predicted molar refractivity (Wildman–Crippen MR) is 116 cm³/mol. The number of amides is 2. The normalized spacial score (nSPS) is 23.1. The van der Waals surface area contributed by atoms with Crippen molar-refractivity contribution in [2.75, 3.05) is 0 Å². The van der Waals surface area contributed by atoms with Crippen molar-refractivity contribution >= 4 is 6.03 Å². The number of carbonyl (C=O) groups is 1. The van der Waals surface area contributed by atoms with Gasteiger partial charge >= 0.3 is 6.03 Å². The van der Waals surface area contributed by atoms with Gasteiger partial charge in [0.05, 0.1) is 6.54 Å². The van der Waals surface area contributed by atoms with Gasteiger partial charge in [0, 0.05) is 6.54 Å². The van der Waals surface area contributed by atoms with E-state index in [-0.39, 0.29) is 6.03 Å². The molecule has 2 amide bonds. The molecule has 1 aliphatic carbocycles. The zero-order valence-electron chi connectivity index (χ0n) is 16.9. The van der Waals surface area contributed by atoms with Gasteiger partial charge in [0.1, 0.15) is 5.54 Å². The summed E-state index contributed by atoms with van der Waals surface area (Å²) in [5.74, 6) is 0. The van der Waals surface area contributed by atoms with E-state index in [9.17, 15) is 9.90 Å². The fraction of sp³-hybridized carbons (Fsp3) is 0.269. The first-order valence-electron chi connectivity index (χ1n) is 10.6. The van der Waals surface area contributed by atoms with Gasteiger partial charge in [-0.3, -0.25) is 4.90 Å². The van der Waals surface area contributed by atoms with E-state index in [0.717, 1.165) is 36.0 Å². The number of hydrogen-bond acceptors (Lipinski definition) is 2. The van der Waals surface area contributed by atoms with Crippen molar-refractivity contribution < 1.29 is 9.90 Å². The Morgan fingerprint density at radius 1 is 0.833 bits per heavy atom. The van der Waals surface area contributed by atoms with Crippen molar-refractivity contribution in [3.8, 4) is 0 Å². The molecule has 1 fully saturated rings. The average molecular weight is 399 g/mol. The average Bonchev–Trinajstić information content (AvgIpc) is 2.98. The van der Waals surface area contributed by atoms with Gasteiger partial charge in [-0.05, 0) is 41.5 Å². The van der Waals surface area contributed by atoms with Crippen molar-refractivity contribution in [1.29, 1.82) is 0 Å². The Kier molecular flexibility index (Phi) is 4.80. The fourth-order valence-electron chi connectivity index (χ4n) is 5.13. The summed E-state index contributed by atoms with van der Waals surface area (Å²) in [6.07, 6.45) is 1.80. The van der Waals surface area contributed by atoms with Crippen LogP contribution in [0.1, 0.15) is 35.1 Å². The molecule has 1 saturated heterocycles. The summed E-state index contributed by atoms with van der Waals surface area (Å²) >= 11 is 0. The van der Waals surface area contributed by atoms with Gasteiger partial charge in [0.2, 0.25) is 0 Å². The summed E-state index contributed by atoms with van der Waals surface area (Å²) in [4.78, 5) is 17.2. The van der Waals surface area contributed by atoms with E-state index in [1.54, 1.807) is 4.90 Å². The number of carbonyl (C=O) groups excluding carboxylic acids is 1. The molecule has 2 unspecified atom stereocenters. The van der Waals surface area contributed by atoms with Crippen molar-refractivity contribution in [3.05, 3.63) is 107 Å². The number of aryl methyl sites for hydroxylation is 1. The van der Waals surface area contributed by atoms with Crippen LogP contribution in [0.15, 0.2) is 84.9 Å². The predicted octanol–water partition coefficient (Wildman–Crippen LogP) is 4.67. The Hall–Kier alpha value is -3.11. The molecule has 30 heavy (non-hydrogen) atoms. The van der Waals surface area contributed by atoms with Crippen LogP contribution in [0.25, 0.3) is 0 Å². The molecule has 2 aliphatic rings. The van der Waals surface area contributed by atoms with Crippen LogP contribution in [-0.4, -0.2) is 27.2 Å². The number of aliphatic hydroxyl groups excluding tert-OH is 1. The van der Waals surface area contributed by atoms with E-state index in [4.69, 9.17) is 0 Å². The van der Waals surface area contributed by atoms with Gasteiger partial charge in [-0.2, -0.15) is 0 Å². The Labute approximate surface area is 177 Å². The summed E-state index contributed by atoms with van der Waals surface area (Å²) in [5, 5.41) is 11.7. The maximum atomic E-state index is 13.7. The van der Waals surface area contributed by atoms with Crippen molar-refractivity contribution in [2.45, 2.75) is 44.1 Å². The molecule has 4 heteroatoms. The molecule has 3 aromatic rings. The molecule has 3 aromatic carbocycles. The van der Waals surface area contributed by atoms with Gasteiger partial charge in [0.15, 0.2) is 6.23 Å². The third-order valence-electron chi connectivity index (χ3n) is 6.55. The lowest BCUT2D eigenvalue weighted by molar-refractivity contribution is -0.0401. The third kappa shape index (κ3) is 2.99. The summed E-state index contributed by atoms with van der Waals surface area (Å²) < 4.78 is 0. The fourth-order valence-corrected chi connectivity index (χ4v) is 5.13. The first kappa shape index (κ1) is 18.9. The Morgan fingerprint density at radius 3 is 2.13 bits per heavy atom. The van der Waals surface area contributed by atoms with Crippen LogP contribution in [0.4, 0.5) is 4.79 Å². The Morgan fingerprint density at radius 2 is 1.43 bits per heavy atom. The van der Waals surface area contributed by atoms with Crippen molar-refractivity contribution in [2.24, 2.45) is 0 Å². The SMILES string of the molecule is O=C1N(Cc2ccccc2)C(O)C2(CCCc3ccccc32)N1Cc1ccccc1. The minimum absolute atomic E-state index is 0.105. The van der Waals surface area contributed by atoms with Crippen LogP contribution in [0, 0.1) is 0 Å². The number of hydrogen-bond donors (Lipinski definition) is 1. The van der Waals surface area contributed by atoms with E-state index in [1.165, 1.54) is 5.56 Å². The van der Waals surface area contributed by atoms with E-state index < -0.39 is 11.8 Å². The molecule has 1 heterocycles. The van der Waals surface area contributed by atoms with Crippen molar-refractivity contribution in [3.63, 3.8) is 0 Å². The minimum atomic E-state index is -0.893. The quantitative estimate of drug-likeness (QED) is 0.694. The number of rotatable bonds is 4. The number of aliphatic hydroxyl groups is 1. The number of nitrogens with zero attached hydrogens (tertiary/aromatic N) is 2. The zero-order valence-corrected chi connectivity index (χ0v) is 16.9. The second-order valence-electron chi connectivity index (χ2n) is 8.28. The van der Waals surface area contributed by atoms with E-state index in [2.05, 4.69) is 12.1 Å². The summed E-state index contributed by atoms with van der Waals surface area (Å²) in [5.41, 5.74) is 3.68. The molecule has 1 N–H and O–H groups in total. The standard InChI is InChI=1S/C26H26N2O2/c29-24-26(17-9-15-22-14-7-8-16-23(22)26)28(19-21-12-5-2-6-13-21)25(30)27(24)18-20-10-3-1-4-11-20/h1-8,10-14,16,24,29H,9,15,17-19H2. The van der Waals surface area contributed by atoms with E-state index >= 15 is 0 Å². The van der Waals surface area contributed by atoms with Crippen molar-refractivity contribution in [1.82, 2.24) is 9.80 Å². The second kappa shape index (κ2) is 7.62. The molecular weight excluding hydrogens is 372 g/mol. The highest BCUT2D eigenvalue weighted by Crippen LogP contribution is 2.49. The number of urea groups is 1. The lowest BCUT2D eigenvalue weighted by Gasteiger charge is -2.43. The molecule has 152 valence electrons. The largest absolute Gasteiger partial charge is 0.371 e. The maximum absolute atomic E-state index is 13.7. The molecular formula is C26H26N2O2. The van der Waals surface area contributed by atoms with Crippen LogP contribution in [0.5, 0.6) is 0 Å². The lowest BCUT2D eigenvalue weighted by atomic mass is 9.74. The highest BCUT2D eigenvalue weighted by atomic mass is 16.3. The van der Waals surface area contributed by atoms with Crippen LogP contribution in [-0.2, 0) is 25.0 Å². The molecule has 0 bridgehead atoms. The molecule has 0 radical (unpaired) electrons. The lowest BCUT2D eigenvalue weighted by Crippen LogP contribution is -2.51. The van der Waals surface area contributed by atoms with Gasteiger partial charge < -0.3 is 10.0 Å². The molecule has 2 atom stereocenters. The zero-order chi connectivity index (χ0) is 20.6. The summed E-state index contributed by atoms with van der Waals surface area (Å²) in [6, 6.07) is 28.1. The first-order valence-corrected chi connectivity index (χ1v) is 10.6. The Balaban J connectivity index is 1.60. The van der Waals surface area contributed by atoms with Gasteiger partial charge in [-0.1, -0.05) is 84.9 Å². The summed E-state index contributed by atoms with van der Waals surface area (Å²) in [6.45, 7) is 0.881. The van der Waals surface area contributed by atoms with Crippen LogP contribution < -0.4 is 0 Å². The Bertz CT molecular complexity index is 1040. The minimum Gasteiger partial charge on any atom is -0.371 e. The number of benzene rings is 3. The molecule has 4 nitrogen and oxygen atoms in total. The van der Waals surface area contributed by atoms with Gasteiger partial charge in [0.25, 0.3) is 0 Å². The molecule has 0 aromatic heterocycles.